The van der Waals surface area contributed by atoms with Gasteiger partial charge in [0.05, 0.1) is 4.47 Å². The lowest BCUT2D eigenvalue weighted by atomic mass is 9.94. The fraction of sp³-hybridized carbons (Fsp3) is 0.600. The molecule has 1 aromatic carbocycles. The highest BCUT2D eigenvalue weighted by Gasteiger charge is 2.28. The van der Waals surface area contributed by atoms with Gasteiger partial charge in [-0.25, -0.2) is 4.39 Å². The second-order valence-corrected chi connectivity index (χ2v) is 6.71. The molecule has 0 aromatic heterocycles. The average Bonchev–Trinajstić information content (AvgIpc) is 2.47. The number of aromatic hydroxyl groups is 1. The molecule has 0 aliphatic carbocycles. The van der Waals surface area contributed by atoms with Crippen LogP contribution in [0.15, 0.2) is 10.5 Å². The van der Waals surface area contributed by atoms with Gasteiger partial charge < -0.3 is 10.4 Å². The van der Waals surface area contributed by atoms with Crippen LogP contribution in [0, 0.1) is 17.6 Å². The van der Waals surface area contributed by atoms with Crippen molar-refractivity contribution in [1.29, 1.82) is 0 Å². The van der Waals surface area contributed by atoms with Crippen molar-refractivity contribution in [3.05, 3.63) is 27.7 Å². The maximum absolute atomic E-state index is 13.8. The lowest BCUT2D eigenvalue weighted by molar-refractivity contribution is 0.150. The lowest BCUT2D eigenvalue weighted by Gasteiger charge is -2.36. The first-order valence-corrected chi connectivity index (χ1v) is 8.02. The molecule has 0 saturated carbocycles. The molecule has 1 aliphatic heterocycles. The zero-order valence-electron chi connectivity index (χ0n) is 13.1. The summed E-state index contributed by atoms with van der Waals surface area (Å²) in [5.74, 6) is -2.40. The minimum absolute atomic E-state index is 0. The molecule has 1 fully saturated rings. The number of phenolic OH excluding ortho intramolecular Hbond substituents is 1. The molecule has 2 N–H and O–H groups in total. The topological polar surface area (TPSA) is 35.5 Å². The van der Waals surface area contributed by atoms with E-state index in [0.717, 1.165) is 32.6 Å². The first kappa shape index (κ1) is 22.9. The van der Waals surface area contributed by atoms with E-state index in [1.54, 1.807) is 0 Å². The Bertz CT molecular complexity index is 515. The summed E-state index contributed by atoms with van der Waals surface area (Å²) >= 11 is 3.03. The monoisotopic (exact) mass is 434 g/mol. The quantitative estimate of drug-likeness (QED) is 0.693. The Balaban J connectivity index is 0.00000242. The van der Waals surface area contributed by atoms with Crippen LogP contribution in [-0.4, -0.2) is 36.2 Å². The Hall–Kier alpha value is -0.140. The number of nitrogens with zero attached hydrogens (tertiary/aromatic N) is 1. The summed E-state index contributed by atoms with van der Waals surface area (Å²) in [5.41, 5.74) is 0.455. The number of nitrogens with one attached hydrogen (secondary N) is 1. The molecule has 0 bridgehead atoms. The second kappa shape index (κ2) is 9.99. The summed E-state index contributed by atoms with van der Waals surface area (Å²) in [6.07, 6.45) is 0.783. The molecule has 23 heavy (non-hydrogen) atoms. The van der Waals surface area contributed by atoms with Crippen molar-refractivity contribution < 1.29 is 13.9 Å². The Morgan fingerprint density at radius 3 is 2.30 bits per heavy atom. The van der Waals surface area contributed by atoms with Crippen LogP contribution >= 0.6 is 40.7 Å². The molecule has 0 unspecified atom stereocenters. The van der Waals surface area contributed by atoms with Crippen LogP contribution in [-0.2, 0) is 0 Å². The van der Waals surface area contributed by atoms with E-state index in [0.29, 0.717) is 11.5 Å². The number of hydrogen-bond donors (Lipinski definition) is 2. The third-order valence-electron chi connectivity index (χ3n) is 3.81. The molecule has 1 saturated heterocycles. The highest BCUT2D eigenvalue weighted by atomic mass is 79.9. The number of phenols is 1. The summed E-state index contributed by atoms with van der Waals surface area (Å²) in [5, 5.41) is 13.3. The Morgan fingerprint density at radius 1 is 1.22 bits per heavy atom. The van der Waals surface area contributed by atoms with Gasteiger partial charge >= 0.3 is 0 Å². The fourth-order valence-corrected chi connectivity index (χ4v) is 3.19. The number of hydrogen-bond acceptors (Lipinski definition) is 3. The average molecular weight is 436 g/mol. The number of benzene rings is 1. The van der Waals surface area contributed by atoms with Crippen molar-refractivity contribution in [1.82, 2.24) is 10.2 Å². The van der Waals surface area contributed by atoms with E-state index >= 15 is 0 Å². The number of piperazine rings is 1. The van der Waals surface area contributed by atoms with Gasteiger partial charge in [0, 0.05) is 37.8 Å². The van der Waals surface area contributed by atoms with Gasteiger partial charge in [-0.1, -0.05) is 13.8 Å². The highest BCUT2D eigenvalue weighted by Crippen LogP contribution is 2.38. The lowest BCUT2D eigenvalue weighted by Crippen LogP contribution is -2.45. The van der Waals surface area contributed by atoms with Gasteiger partial charge in [-0.05, 0) is 34.3 Å². The van der Waals surface area contributed by atoms with Gasteiger partial charge in [-0.15, -0.1) is 24.8 Å². The number of rotatable bonds is 4. The first-order valence-electron chi connectivity index (χ1n) is 7.23. The van der Waals surface area contributed by atoms with E-state index in [-0.39, 0.29) is 35.3 Å². The smallest absolute Gasteiger partial charge is 0.201 e. The molecule has 3 nitrogen and oxygen atoms in total. The summed E-state index contributed by atoms with van der Waals surface area (Å²) < 4.78 is 27.4. The zero-order valence-corrected chi connectivity index (χ0v) is 16.3. The van der Waals surface area contributed by atoms with Crippen LogP contribution in [0.5, 0.6) is 5.75 Å². The standard InChI is InChI=1S/C15H21BrF2N2O.2ClH/c1-9(2)7-12(20-5-3-19-4-6-20)10-8-11(16)13(17)14(18)15(10)21;;/h8-9,12,19,21H,3-7H2,1-2H3;2*1H/t12-;;/m0../s1. The third kappa shape index (κ3) is 5.43. The molecular weight excluding hydrogens is 413 g/mol. The molecule has 0 spiro atoms. The minimum atomic E-state index is -1.18. The second-order valence-electron chi connectivity index (χ2n) is 5.86. The molecule has 1 aliphatic rings. The van der Waals surface area contributed by atoms with E-state index < -0.39 is 17.4 Å². The van der Waals surface area contributed by atoms with Crippen molar-refractivity contribution in [3.8, 4) is 5.75 Å². The van der Waals surface area contributed by atoms with Gasteiger partial charge in [0.15, 0.2) is 11.6 Å². The SMILES string of the molecule is CC(C)C[C@@H](c1cc(Br)c(F)c(F)c1O)N1CCNCC1.Cl.Cl. The predicted octanol–water partition coefficient (Wildman–Crippen LogP) is 4.27. The maximum Gasteiger partial charge on any atom is 0.201 e. The maximum atomic E-state index is 13.8. The molecule has 1 atom stereocenters. The number of halogens is 5. The van der Waals surface area contributed by atoms with E-state index in [4.69, 9.17) is 0 Å². The normalized spacial score (nSPS) is 16.6. The fourth-order valence-electron chi connectivity index (χ4n) is 2.77. The molecule has 134 valence electrons. The van der Waals surface area contributed by atoms with Crippen LogP contribution in [0.25, 0.3) is 0 Å². The van der Waals surface area contributed by atoms with Crippen molar-refractivity contribution in [2.24, 2.45) is 5.92 Å². The first-order chi connectivity index (χ1) is 9.91. The van der Waals surface area contributed by atoms with Gasteiger partial charge in [0.2, 0.25) is 5.82 Å². The van der Waals surface area contributed by atoms with Crippen molar-refractivity contribution in [2.45, 2.75) is 26.3 Å². The summed E-state index contributed by atoms with van der Waals surface area (Å²) in [7, 11) is 0. The predicted molar refractivity (Wildman–Crippen MR) is 96.9 cm³/mol. The van der Waals surface area contributed by atoms with Crippen LogP contribution in [0.1, 0.15) is 31.9 Å². The van der Waals surface area contributed by atoms with E-state index in [9.17, 15) is 13.9 Å². The summed E-state index contributed by atoms with van der Waals surface area (Å²) in [4.78, 5) is 2.22. The Kier molecular flexibility index (Phi) is 9.93. The van der Waals surface area contributed by atoms with E-state index in [2.05, 4.69) is 40.0 Å². The van der Waals surface area contributed by atoms with Crippen molar-refractivity contribution >= 4 is 40.7 Å². The summed E-state index contributed by atoms with van der Waals surface area (Å²) in [6, 6.07) is 1.39. The van der Waals surface area contributed by atoms with Crippen LogP contribution in [0.2, 0.25) is 0 Å². The van der Waals surface area contributed by atoms with Gasteiger partial charge in [0.1, 0.15) is 0 Å². The summed E-state index contributed by atoms with van der Waals surface area (Å²) in [6.45, 7) is 7.55. The zero-order chi connectivity index (χ0) is 15.6. The van der Waals surface area contributed by atoms with E-state index in [1.165, 1.54) is 6.07 Å². The largest absolute Gasteiger partial charge is 0.505 e. The highest BCUT2D eigenvalue weighted by molar-refractivity contribution is 9.10. The Labute approximate surface area is 156 Å². The van der Waals surface area contributed by atoms with Gasteiger partial charge in [0.25, 0.3) is 0 Å². The molecular formula is C15H23BrCl2F2N2O. The molecule has 0 amide bonds. The molecule has 0 radical (unpaired) electrons. The van der Waals surface area contributed by atoms with E-state index in [1.807, 2.05) is 0 Å². The van der Waals surface area contributed by atoms with Crippen molar-refractivity contribution in [3.63, 3.8) is 0 Å². The van der Waals surface area contributed by atoms with Gasteiger partial charge in [-0.2, -0.15) is 4.39 Å². The minimum Gasteiger partial charge on any atom is -0.505 e. The van der Waals surface area contributed by atoms with Crippen molar-refractivity contribution in [2.75, 3.05) is 26.2 Å². The Morgan fingerprint density at radius 2 is 1.78 bits per heavy atom. The third-order valence-corrected chi connectivity index (χ3v) is 4.39. The molecule has 2 rings (SSSR count). The van der Waals surface area contributed by atoms with Crippen LogP contribution < -0.4 is 5.32 Å². The molecule has 1 heterocycles. The van der Waals surface area contributed by atoms with Crippen LogP contribution in [0.4, 0.5) is 8.78 Å². The van der Waals surface area contributed by atoms with Gasteiger partial charge in [-0.3, -0.25) is 4.90 Å². The van der Waals surface area contributed by atoms with Crippen LogP contribution in [0.3, 0.4) is 0 Å². The molecule has 1 aromatic rings. The molecule has 8 heteroatoms.